The van der Waals surface area contributed by atoms with Gasteiger partial charge in [0.25, 0.3) is 0 Å². The number of aromatic nitrogens is 1. The molecule has 1 aromatic carbocycles. The number of nitrogens with one attached hydrogen (secondary N) is 1. The topological polar surface area (TPSA) is 28.2 Å². The van der Waals surface area contributed by atoms with Crippen molar-refractivity contribution in [3.8, 4) is 0 Å². The van der Waals surface area contributed by atoms with Crippen LogP contribution in [0.2, 0.25) is 0 Å². The molecule has 1 aromatic heterocycles. The Morgan fingerprint density at radius 3 is 2.47 bits per heavy atom. The number of thiazole rings is 1. The third kappa shape index (κ3) is 3.26. The summed E-state index contributed by atoms with van der Waals surface area (Å²) in [7, 11) is 4.12. The maximum absolute atomic E-state index is 4.45. The summed E-state index contributed by atoms with van der Waals surface area (Å²) in [5.74, 6) is 0. The zero-order valence-corrected chi connectivity index (χ0v) is 13.1. The molecule has 2 aromatic rings. The maximum Gasteiger partial charge on any atom is 0.0900 e. The number of anilines is 2. The number of nitrogens with zero attached hydrogens (tertiary/aromatic N) is 2. The zero-order chi connectivity index (χ0) is 14.0. The Morgan fingerprint density at radius 1 is 1.21 bits per heavy atom. The van der Waals surface area contributed by atoms with Gasteiger partial charge in [0, 0.05) is 30.3 Å². The summed E-state index contributed by atoms with van der Waals surface area (Å²) >= 11 is 1.77. The summed E-state index contributed by atoms with van der Waals surface area (Å²) in [4.78, 5) is 7.89. The van der Waals surface area contributed by atoms with Crippen LogP contribution in [0.4, 0.5) is 11.4 Å². The first kappa shape index (κ1) is 13.9. The highest BCUT2D eigenvalue weighted by Gasteiger charge is 2.06. The Labute approximate surface area is 119 Å². The van der Waals surface area contributed by atoms with E-state index in [1.54, 1.807) is 11.3 Å². The minimum Gasteiger partial charge on any atom is -0.380 e. The van der Waals surface area contributed by atoms with Gasteiger partial charge in [-0.15, -0.1) is 11.3 Å². The van der Waals surface area contributed by atoms with Gasteiger partial charge in [-0.3, -0.25) is 0 Å². The van der Waals surface area contributed by atoms with Gasteiger partial charge in [-0.05, 0) is 44.5 Å². The monoisotopic (exact) mass is 275 g/mol. The molecule has 2 rings (SSSR count). The van der Waals surface area contributed by atoms with Crippen LogP contribution >= 0.6 is 11.3 Å². The van der Waals surface area contributed by atoms with Crippen LogP contribution in [0.5, 0.6) is 0 Å². The van der Waals surface area contributed by atoms with Crippen molar-refractivity contribution in [1.29, 1.82) is 0 Å². The van der Waals surface area contributed by atoms with Gasteiger partial charge < -0.3 is 10.2 Å². The molecule has 0 aliphatic rings. The lowest BCUT2D eigenvalue weighted by atomic mass is 10.1. The molecule has 102 valence electrons. The molecule has 1 heterocycles. The van der Waals surface area contributed by atoms with E-state index in [1.165, 1.54) is 21.8 Å². The van der Waals surface area contributed by atoms with E-state index in [4.69, 9.17) is 0 Å². The molecule has 0 atom stereocenters. The largest absolute Gasteiger partial charge is 0.380 e. The fourth-order valence-corrected chi connectivity index (χ4v) is 2.91. The van der Waals surface area contributed by atoms with E-state index in [0.717, 1.165) is 17.2 Å². The smallest absolute Gasteiger partial charge is 0.0900 e. The molecule has 0 saturated heterocycles. The van der Waals surface area contributed by atoms with Crippen LogP contribution in [0.15, 0.2) is 18.2 Å². The lowest BCUT2D eigenvalue weighted by Gasteiger charge is -2.15. The van der Waals surface area contributed by atoms with Gasteiger partial charge in [0.15, 0.2) is 0 Å². The lowest BCUT2D eigenvalue weighted by molar-refractivity contribution is 1.10. The van der Waals surface area contributed by atoms with Gasteiger partial charge in [0.2, 0.25) is 0 Å². The van der Waals surface area contributed by atoms with Crippen LogP contribution in [0.3, 0.4) is 0 Å². The van der Waals surface area contributed by atoms with Crippen LogP contribution in [0.1, 0.15) is 21.1 Å². The van der Waals surface area contributed by atoms with Crippen LogP contribution in [-0.4, -0.2) is 19.1 Å². The van der Waals surface area contributed by atoms with Gasteiger partial charge in [-0.1, -0.05) is 0 Å². The molecular formula is C15H21N3S. The summed E-state index contributed by atoms with van der Waals surface area (Å²) in [5, 5.41) is 4.63. The molecule has 0 spiro atoms. The molecule has 1 N–H and O–H groups in total. The molecule has 0 unspecified atom stereocenters. The van der Waals surface area contributed by atoms with E-state index in [2.05, 4.69) is 68.3 Å². The van der Waals surface area contributed by atoms with Crippen molar-refractivity contribution in [3.63, 3.8) is 0 Å². The molecule has 0 aliphatic carbocycles. The minimum atomic E-state index is 0.847. The molecule has 19 heavy (non-hydrogen) atoms. The Balaban J connectivity index is 2.10. The standard InChI is InChI=1S/C15H21N3S/c1-10-8-13(18(4)5)6-7-14(10)16-9-15-11(2)17-12(3)19-15/h6-8,16H,9H2,1-5H3. The van der Waals surface area contributed by atoms with Gasteiger partial charge in [-0.2, -0.15) is 0 Å². The molecule has 0 amide bonds. The highest BCUT2D eigenvalue weighted by Crippen LogP contribution is 2.23. The molecule has 0 radical (unpaired) electrons. The fraction of sp³-hybridized carbons (Fsp3) is 0.400. The van der Waals surface area contributed by atoms with Crippen LogP contribution in [0.25, 0.3) is 0 Å². The predicted molar refractivity (Wildman–Crippen MR) is 84.4 cm³/mol. The van der Waals surface area contributed by atoms with E-state index >= 15 is 0 Å². The van der Waals surface area contributed by atoms with E-state index in [9.17, 15) is 0 Å². The molecule has 4 heteroatoms. The van der Waals surface area contributed by atoms with Crippen LogP contribution in [-0.2, 0) is 6.54 Å². The Hall–Kier alpha value is -1.55. The maximum atomic E-state index is 4.45. The van der Waals surface area contributed by atoms with E-state index in [-0.39, 0.29) is 0 Å². The predicted octanol–water partition coefficient (Wildman–Crippen LogP) is 3.75. The molecule has 3 nitrogen and oxygen atoms in total. The second-order valence-electron chi connectivity index (χ2n) is 4.99. The quantitative estimate of drug-likeness (QED) is 0.921. The lowest BCUT2D eigenvalue weighted by Crippen LogP contribution is -2.09. The fourth-order valence-electron chi connectivity index (χ4n) is 2.04. The SMILES string of the molecule is Cc1nc(C)c(CNc2ccc(N(C)C)cc2C)s1. The summed E-state index contributed by atoms with van der Waals surface area (Å²) in [6.07, 6.45) is 0. The third-order valence-corrected chi connectivity index (χ3v) is 4.24. The first-order valence-electron chi connectivity index (χ1n) is 6.42. The molecule has 0 saturated carbocycles. The summed E-state index contributed by atoms with van der Waals surface area (Å²) in [6, 6.07) is 6.49. The average molecular weight is 275 g/mol. The number of hydrogen-bond acceptors (Lipinski definition) is 4. The van der Waals surface area contributed by atoms with Crippen molar-refractivity contribution in [1.82, 2.24) is 4.98 Å². The number of benzene rings is 1. The Morgan fingerprint density at radius 2 is 1.95 bits per heavy atom. The van der Waals surface area contributed by atoms with E-state index in [1.807, 2.05) is 0 Å². The second kappa shape index (κ2) is 5.61. The van der Waals surface area contributed by atoms with Crippen molar-refractivity contribution in [3.05, 3.63) is 39.3 Å². The second-order valence-corrected chi connectivity index (χ2v) is 6.28. The summed E-state index contributed by atoms with van der Waals surface area (Å²) in [6.45, 7) is 7.11. The summed E-state index contributed by atoms with van der Waals surface area (Å²) < 4.78 is 0. The third-order valence-electron chi connectivity index (χ3n) is 3.17. The average Bonchev–Trinajstić information content (AvgIpc) is 2.66. The normalized spacial score (nSPS) is 10.6. The van der Waals surface area contributed by atoms with Crippen LogP contribution in [0, 0.1) is 20.8 Å². The van der Waals surface area contributed by atoms with E-state index < -0.39 is 0 Å². The van der Waals surface area contributed by atoms with Crippen molar-refractivity contribution in [2.75, 3.05) is 24.3 Å². The van der Waals surface area contributed by atoms with Gasteiger partial charge in [-0.25, -0.2) is 4.98 Å². The Bertz CT molecular complexity index is 573. The number of aryl methyl sites for hydroxylation is 3. The molecule has 0 bridgehead atoms. The Kier molecular flexibility index (Phi) is 4.10. The van der Waals surface area contributed by atoms with Gasteiger partial charge in [0.05, 0.1) is 17.2 Å². The van der Waals surface area contributed by atoms with E-state index in [0.29, 0.717) is 0 Å². The molecule has 0 fully saturated rings. The van der Waals surface area contributed by atoms with Gasteiger partial charge >= 0.3 is 0 Å². The number of rotatable bonds is 4. The molecule has 0 aliphatic heterocycles. The van der Waals surface area contributed by atoms with Gasteiger partial charge in [0.1, 0.15) is 0 Å². The van der Waals surface area contributed by atoms with Crippen molar-refractivity contribution in [2.24, 2.45) is 0 Å². The summed E-state index contributed by atoms with van der Waals surface area (Å²) in [5.41, 5.74) is 4.83. The minimum absolute atomic E-state index is 0.847. The highest BCUT2D eigenvalue weighted by molar-refractivity contribution is 7.11. The zero-order valence-electron chi connectivity index (χ0n) is 12.2. The van der Waals surface area contributed by atoms with Crippen LogP contribution < -0.4 is 10.2 Å². The first-order chi connectivity index (χ1) is 8.97. The molecular weight excluding hydrogens is 254 g/mol. The van der Waals surface area contributed by atoms with Crippen molar-refractivity contribution < 1.29 is 0 Å². The number of hydrogen-bond donors (Lipinski definition) is 1. The van der Waals surface area contributed by atoms with Crippen molar-refractivity contribution >= 4 is 22.7 Å². The highest BCUT2D eigenvalue weighted by atomic mass is 32.1. The van der Waals surface area contributed by atoms with Crippen molar-refractivity contribution in [2.45, 2.75) is 27.3 Å². The first-order valence-corrected chi connectivity index (χ1v) is 7.24.